The summed E-state index contributed by atoms with van der Waals surface area (Å²) in [5, 5.41) is 22.3. The van der Waals surface area contributed by atoms with Crippen molar-refractivity contribution in [1.29, 1.82) is 0 Å². The minimum absolute atomic E-state index is 0.392. The van der Waals surface area contributed by atoms with Gasteiger partial charge in [0.15, 0.2) is 0 Å². The lowest BCUT2D eigenvalue weighted by molar-refractivity contribution is -0.145. The zero-order valence-corrected chi connectivity index (χ0v) is 11.5. The lowest BCUT2D eigenvalue weighted by atomic mass is 9.90. The fourth-order valence-electron chi connectivity index (χ4n) is 1.83. The number of carbonyl (C=O) groups excluding carboxylic acids is 1. The Labute approximate surface area is 112 Å². The van der Waals surface area contributed by atoms with Gasteiger partial charge in [0.2, 0.25) is 0 Å². The van der Waals surface area contributed by atoms with Crippen LogP contribution in [0.5, 0.6) is 0 Å². The van der Waals surface area contributed by atoms with E-state index in [2.05, 4.69) is 10.6 Å². The van der Waals surface area contributed by atoms with E-state index in [1.165, 1.54) is 0 Å². The molecule has 0 aromatic rings. The molecule has 0 radical (unpaired) electrons. The van der Waals surface area contributed by atoms with Gasteiger partial charge in [0.1, 0.15) is 6.04 Å². The standard InChI is InChI=1S/C12H22N2O5/c1-4-12(5-2,6-3)14-11(19)13-8(10(17)18)7-9(15)16/h8H,4-7H2,1-3H3,(H,15,16)(H,17,18)(H2,13,14,19)/t8-/m1/s1. The molecule has 0 spiro atoms. The normalized spacial score (nSPS) is 12.6. The van der Waals surface area contributed by atoms with Crippen LogP contribution in [0.15, 0.2) is 0 Å². The predicted octanol–water partition coefficient (Wildman–Crippen LogP) is 1.18. The summed E-state index contributed by atoms with van der Waals surface area (Å²) in [6, 6.07) is -2.08. The Morgan fingerprint density at radius 3 is 1.84 bits per heavy atom. The van der Waals surface area contributed by atoms with Crippen LogP contribution in [0.1, 0.15) is 46.5 Å². The molecule has 0 fully saturated rings. The zero-order valence-electron chi connectivity index (χ0n) is 11.5. The number of hydrogen-bond acceptors (Lipinski definition) is 3. The van der Waals surface area contributed by atoms with Gasteiger partial charge >= 0.3 is 18.0 Å². The monoisotopic (exact) mass is 274 g/mol. The van der Waals surface area contributed by atoms with E-state index in [0.717, 1.165) is 0 Å². The van der Waals surface area contributed by atoms with Crippen LogP contribution in [0, 0.1) is 0 Å². The SMILES string of the molecule is CCC(CC)(CC)NC(=O)N[C@H](CC(=O)O)C(=O)O. The number of rotatable bonds is 8. The molecule has 0 aliphatic carbocycles. The van der Waals surface area contributed by atoms with Crippen molar-refractivity contribution in [1.82, 2.24) is 10.6 Å². The first-order chi connectivity index (χ1) is 8.80. The highest BCUT2D eigenvalue weighted by atomic mass is 16.4. The minimum atomic E-state index is -1.43. The summed E-state index contributed by atoms with van der Waals surface area (Å²) in [4.78, 5) is 33.1. The van der Waals surface area contributed by atoms with Crippen molar-refractivity contribution in [3.63, 3.8) is 0 Å². The third-order valence-electron chi connectivity index (χ3n) is 3.39. The van der Waals surface area contributed by atoms with Gasteiger partial charge in [0.25, 0.3) is 0 Å². The third kappa shape index (κ3) is 5.58. The number of carbonyl (C=O) groups is 3. The molecular formula is C12H22N2O5. The number of aliphatic carboxylic acids is 2. The lowest BCUT2D eigenvalue weighted by Gasteiger charge is -2.32. The molecule has 0 aromatic carbocycles. The van der Waals surface area contributed by atoms with E-state index in [4.69, 9.17) is 10.2 Å². The number of carboxylic acids is 2. The molecule has 0 bridgehead atoms. The molecule has 0 rings (SSSR count). The maximum absolute atomic E-state index is 11.8. The quantitative estimate of drug-likeness (QED) is 0.530. The highest BCUT2D eigenvalue weighted by Crippen LogP contribution is 2.18. The maximum atomic E-state index is 11.8. The number of amides is 2. The van der Waals surface area contributed by atoms with Gasteiger partial charge in [0.05, 0.1) is 6.42 Å². The summed E-state index contributed by atoms with van der Waals surface area (Å²) in [5.74, 6) is -2.65. The van der Waals surface area contributed by atoms with Crippen molar-refractivity contribution in [3.8, 4) is 0 Å². The van der Waals surface area contributed by atoms with Gasteiger partial charge in [0, 0.05) is 5.54 Å². The summed E-state index contributed by atoms with van der Waals surface area (Å²) in [7, 11) is 0. The van der Waals surface area contributed by atoms with Crippen molar-refractivity contribution >= 4 is 18.0 Å². The Bertz CT molecular complexity index is 331. The molecule has 0 saturated heterocycles. The predicted molar refractivity (Wildman–Crippen MR) is 68.9 cm³/mol. The first-order valence-corrected chi connectivity index (χ1v) is 6.33. The van der Waals surface area contributed by atoms with Crippen LogP contribution in [0.25, 0.3) is 0 Å². The van der Waals surface area contributed by atoms with E-state index < -0.39 is 36.0 Å². The second-order valence-corrected chi connectivity index (χ2v) is 4.43. The van der Waals surface area contributed by atoms with Gasteiger partial charge in [-0.3, -0.25) is 4.79 Å². The van der Waals surface area contributed by atoms with Crippen molar-refractivity contribution in [2.45, 2.75) is 58.0 Å². The van der Waals surface area contributed by atoms with E-state index in [0.29, 0.717) is 19.3 Å². The van der Waals surface area contributed by atoms with Crippen molar-refractivity contribution in [2.75, 3.05) is 0 Å². The smallest absolute Gasteiger partial charge is 0.326 e. The van der Waals surface area contributed by atoms with E-state index in [9.17, 15) is 14.4 Å². The van der Waals surface area contributed by atoms with Gasteiger partial charge in [-0.2, -0.15) is 0 Å². The van der Waals surface area contributed by atoms with Crippen LogP contribution >= 0.6 is 0 Å². The molecule has 7 nitrogen and oxygen atoms in total. The molecule has 2 amide bonds. The average molecular weight is 274 g/mol. The third-order valence-corrected chi connectivity index (χ3v) is 3.39. The summed E-state index contributed by atoms with van der Waals surface area (Å²) in [6.45, 7) is 5.79. The molecule has 0 aliphatic rings. The summed E-state index contributed by atoms with van der Waals surface area (Å²) >= 11 is 0. The van der Waals surface area contributed by atoms with Crippen LogP contribution in [0.4, 0.5) is 4.79 Å². The second-order valence-electron chi connectivity index (χ2n) is 4.43. The van der Waals surface area contributed by atoms with Crippen LogP contribution in [0.3, 0.4) is 0 Å². The van der Waals surface area contributed by atoms with E-state index in [-0.39, 0.29) is 0 Å². The van der Waals surface area contributed by atoms with Gasteiger partial charge in [-0.05, 0) is 19.3 Å². The first kappa shape index (κ1) is 17.2. The van der Waals surface area contributed by atoms with Gasteiger partial charge in [-0.15, -0.1) is 0 Å². The largest absolute Gasteiger partial charge is 0.481 e. The number of urea groups is 1. The molecule has 19 heavy (non-hydrogen) atoms. The minimum Gasteiger partial charge on any atom is -0.481 e. The molecule has 0 heterocycles. The molecule has 1 atom stereocenters. The molecule has 0 aromatic heterocycles. The highest BCUT2D eigenvalue weighted by Gasteiger charge is 2.29. The van der Waals surface area contributed by atoms with Crippen molar-refractivity contribution in [3.05, 3.63) is 0 Å². The zero-order chi connectivity index (χ0) is 15.1. The summed E-state index contributed by atoms with van der Waals surface area (Å²) < 4.78 is 0. The van der Waals surface area contributed by atoms with Crippen LogP contribution < -0.4 is 10.6 Å². The fraction of sp³-hybridized carbons (Fsp3) is 0.750. The van der Waals surface area contributed by atoms with Crippen molar-refractivity contribution < 1.29 is 24.6 Å². The van der Waals surface area contributed by atoms with Gasteiger partial charge in [-0.25, -0.2) is 9.59 Å². The van der Waals surface area contributed by atoms with Crippen LogP contribution in [-0.4, -0.2) is 39.8 Å². The average Bonchev–Trinajstić information content (AvgIpc) is 2.34. The maximum Gasteiger partial charge on any atom is 0.326 e. The van der Waals surface area contributed by atoms with E-state index in [1.54, 1.807) is 0 Å². The Balaban J connectivity index is 4.65. The molecule has 0 saturated carbocycles. The molecule has 0 aliphatic heterocycles. The fourth-order valence-corrected chi connectivity index (χ4v) is 1.83. The number of nitrogens with one attached hydrogen (secondary N) is 2. The van der Waals surface area contributed by atoms with Crippen molar-refractivity contribution in [2.24, 2.45) is 0 Å². The van der Waals surface area contributed by atoms with Gasteiger partial charge in [-0.1, -0.05) is 20.8 Å². The van der Waals surface area contributed by atoms with Gasteiger partial charge < -0.3 is 20.8 Å². The van der Waals surface area contributed by atoms with E-state index >= 15 is 0 Å². The molecular weight excluding hydrogens is 252 g/mol. The molecule has 7 heteroatoms. The Kier molecular flexibility index (Phi) is 6.89. The summed E-state index contributed by atoms with van der Waals surface area (Å²) in [6.07, 6.45) is 1.48. The van der Waals surface area contributed by atoms with Crippen LogP contribution in [0.2, 0.25) is 0 Å². The summed E-state index contributed by atoms with van der Waals surface area (Å²) in [5.41, 5.74) is -0.392. The molecule has 110 valence electrons. The highest BCUT2D eigenvalue weighted by molar-refractivity contribution is 5.86. The number of carboxylic acid groups (broad SMARTS) is 2. The molecule has 0 unspecified atom stereocenters. The number of hydrogen-bond donors (Lipinski definition) is 4. The lowest BCUT2D eigenvalue weighted by Crippen LogP contribution is -2.55. The topological polar surface area (TPSA) is 116 Å². The Hall–Kier alpha value is -1.79. The van der Waals surface area contributed by atoms with E-state index in [1.807, 2.05) is 20.8 Å². The second kappa shape index (κ2) is 7.60. The first-order valence-electron chi connectivity index (χ1n) is 6.33. The molecule has 4 N–H and O–H groups in total. The Morgan fingerprint density at radius 1 is 1.05 bits per heavy atom. The Morgan fingerprint density at radius 2 is 1.53 bits per heavy atom. The van der Waals surface area contributed by atoms with Crippen LogP contribution in [-0.2, 0) is 9.59 Å².